The number of nitrogens with one attached hydrogen (secondary N) is 1. The fraction of sp³-hybridized carbons (Fsp3) is 0.0385. The predicted octanol–water partition coefficient (Wildman–Crippen LogP) is 4.19. The van der Waals surface area contributed by atoms with Crippen LogP contribution in [-0.4, -0.2) is 21.3 Å². The first-order valence-electron chi connectivity index (χ1n) is 10.2. The van der Waals surface area contributed by atoms with Crippen molar-refractivity contribution in [2.24, 2.45) is 0 Å². The number of methoxy groups -OCH3 is 1. The van der Waals surface area contributed by atoms with Gasteiger partial charge in [0, 0.05) is 6.20 Å². The number of aromatic hydroxyl groups is 1. The minimum atomic E-state index is 0.0393. The molecule has 6 heteroatoms. The molecule has 0 amide bonds. The third-order valence-electron chi connectivity index (χ3n) is 5.59. The van der Waals surface area contributed by atoms with Gasteiger partial charge in [0.2, 0.25) is 0 Å². The van der Waals surface area contributed by atoms with Crippen LogP contribution >= 0.6 is 0 Å². The highest BCUT2D eigenvalue weighted by atomic mass is 16.5. The lowest BCUT2D eigenvalue weighted by molar-refractivity contribution is -0.597. The van der Waals surface area contributed by atoms with Crippen LogP contribution in [0.4, 0.5) is 11.4 Å². The quantitative estimate of drug-likeness (QED) is 0.417. The molecule has 0 bridgehead atoms. The van der Waals surface area contributed by atoms with Crippen molar-refractivity contribution in [3.05, 3.63) is 97.1 Å². The second-order valence-electron chi connectivity index (χ2n) is 7.44. The van der Waals surface area contributed by atoms with E-state index >= 15 is 0 Å². The Balaban J connectivity index is 1.63. The summed E-state index contributed by atoms with van der Waals surface area (Å²) in [6.45, 7) is 8.17. The van der Waals surface area contributed by atoms with Crippen LogP contribution in [0, 0.1) is 6.72 Å². The second-order valence-corrected chi connectivity index (χ2v) is 7.44. The highest BCUT2D eigenvalue weighted by molar-refractivity contribution is 5.85. The summed E-state index contributed by atoms with van der Waals surface area (Å²) in [5.41, 5.74) is 5.18. The smallest absolute Gasteiger partial charge is 0.281 e. The number of pyridine rings is 1. The molecule has 32 heavy (non-hydrogen) atoms. The van der Waals surface area contributed by atoms with E-state index in [1.165, 1.54) is 0 Å². The summed E-state index contributed by atoms with van der Waals surface area (Å²) in [6.07, 6.45) is 2.02. The van der Waals surface area contributed by atoms with Crippen LogP contribution in [0.3, 0.4) is 0 Å². The average Bonchev–Trinajstić information content (AvgIpc) is 3.30. The summed E-state index contributed by atoms with van der Waals surface area (Å²) in [5.74, 6) is 0.847. The molecule has 6 nitrogen and oxygen atoms in total. The van der Waals surface area contributed by atoms with E-state index in [0.717, 1.165) is 33.9 Å². The molecule has 5 rings (SSSR count). The van der Waals surface area contributed by atoms with Crippen LogP contribution in [0.1, 0.15) is 0 Å². The number of aromatic nitrogens is 3. The predicted molar refractivity (Wildman–Crippen MR) is 126 cm³/mol. The number of nitrogens with zero attached hydrogens (tertiary/aromatic N) is 3. The molecule has 5 aromatic rings. The van der Waals surface area contributed by atoms with Gasteiger partial charge in [-0.05, 0) is 66.7 Å². The van der Waals surface area contributed by atoms with Gasteiger partial charge in [-0.2, -0.15) is 0 Å². The summed E-state index contributed by atoms with van der Waals surface area (Å²) in [5, 5.41) is 15.0. The summed E-state index contributed by atoms with van der Waals surface area (Å²) in [7, 11) is 1.66. The number of ether oxygens (including phenoxy) is 1. The van der Waals surface area contributed by atoms with Crippen molar-refractivity contribution in [3.63, 3.8) is 0 Å². The Labute approximate surface area is 185 Å². The molecule has 3 heterocycles. The van der Waals surface area contributed by atoms with Gasteiger partial charge in [0.15, 0.2) is 12.4 Å². The van der Waals surface area contributed by atoms with Gasteiger partial charge in [0.1, 0.15) is 11.4 Å². The van der Waals surface area contributed by atoms with Crippen LogP contribution in [0.2, 0.25) is 0 Å². The molecule has 0 spiro atoms. The first-order chi connectivity index (χ1) is 15.6. The van der Waals surface area contributed by atoms with E-state index in [-0.39, 0.29) is 5.88 Å². The molecule has 158 valence electrons. The fourth-order valence-corrected chi connectivity index (χ4v) is 3.93. The molecular formula is C26H23N4O2+. The van der Waals surface area contributed by atoms with Gasteiger partial charge in [-0.1, -0.05) is 33.3 Å². The Hall–Kier alpha value is -4.45. The lowest BCUT2D eigenvalue weighted by atomic mass is 10.1. The molecule has 0 aliphatic rings. The van der Waals surface area contributed by atoms with E-state index in [0.29, 0.717) is 11.0 Å². The van der Waals surface area contributed by atoms with Crippen molar-refractivity contribution >= 4 is 23.5 Å². The van der Waals surface area contributed by atoms with E-state index < -0.39 is 0 Å². The van der Waals surface area contributed by atoms with Crippen molar-refractivity contribution in [1.82, 2.24) is 9.08 Å². The van der Waals surface area contributed by atoms with Gasteiger partial charge in [-0.3, -0.25) is 0 Å². The van der Waals surface area contributed by atoms with Gasteiger partial charge in [0.05, 0.1) is 24.0 Å². The molecule has 3 aromatic heterocycles. The molecule has 0 unspecified atom stereocenters. The minimum absolute atomic E-state index is 0.0393. The van der Waals surface area contributed by atoms with E-state index in [1.807, 2.05) is 79.0 Å². The van der Waals surface area contributed by atoms with Crippen molar-refractivity contribution in [2.45, 2.75) is 0 Å². The summed E-state index contributed by atoms with van der Waals surface area (Å²) in [4.78, 5) is 0. The van der Waals surface area contributed by atoms with Gasteiger partial charge in [-0.25, -0.2) is 0 Å². The number of rotatable bonds is 5. The monoisotopic (exact) mass is 423 g/mol. The number of fused-ring (bicyclic) bond motifs is 1. The maximum atomic E-state index is 11.0. The van der Waals surface area contributed by atoms with E-state index in [1.54, 1.807) is 16.1 Å². The second kappa shape index (κ2) is 7.67. The number of para-hydroxylation sites is 1. The first kappa shape index (κ1) is 19.5. The van der Waals surface area contributed by atoms with Crippen molar-refractivity contribution in [1.29, 1.82) is 0 Å². The molecule has 0 saturated carbocycles. The van der Waals surface area contributed by atoms with E-state index in [9.17, 15) is 5.11 Å². The lowest BCUT2D eigenvalue weighted by Gasteiger charge is -2.04. The summed E-state index contributed by atoms with van der Waals surface area (Å²) < 4.78 is 10.6. The van der Waals surface area contributed by atoms with Crippen molar-refractivity contribution < 1.29 is 14.2 Å². The number of hydrogen-bond donors (Lipinski definition) is 2. The standard InChI is InChI=1S/C26H22N4O2/c1-18-25(26(31)30(28(18)2)20-9-5-4-6-10-20)27-22-17-24(29-16-8-7-11-23(22)29)19-12-14-21(32-3)15-13-19/h4-17,27H,1-2H2,3H3/p+1. The van der Waals surface area contributed by atoms with Gasteiger partial charge >= 0.3 is 0 Å². The Bertz CT molecular complexity index is 1520. The maximum absolute atomic E-state index is 11.0. The molecule has 2 aromatic carbocycles. The highest BCUT2D eigenvalue weighted by Gasteiger charge is 2.23. The largest absolute Gasteiger partial charge is 0.497 e. The molecule has 0 fully saturated rings. The van der Waals surface area contributed by atoms with Crippen LogP contribution in [0.5, 0.6) is 11.6 Å². The molecule has 0 saturated heterocycles. The fourth-order valence-electron chi connectivity index (χ4n) is 3.93. The number of benzene rings is 2. The Kier molecular flexibility index (Phi) is 4.67. The van der Waals surface area contributed by atoms with Gasteiger partial charge in [0.25, 0.3) is 11.2 Å². The van der Waals surface area contributed by atoms with Crippen LogP contribution in [0.25, 0.3) is 29.0 Å². The third-order valence-corrected chi connectivity index (χ3v) is 5.59. The van der Waals surface area contributed by atoms with Gasteiger partial charge in [-0.15, -0.1) is 0 Å². The SMILES string of the molecule is C=c1c(Nc2cc(-c3ccc(OC)cc3)n3ccccc23)c(O)n(-c2ccccc2)[n+]1=C. The zero-order valence-electron chi connectivity index (χ0n) is 17.7. The topological polar surface area (TPSA) is 56.7 Å². The normalized spacial score (nSPS) is 11.0. The Morgan fingerprint density at radius 1 is 0.969 bits per heavy atom. The zero-order chi connectivity index (χ0) is 22.2. The van der Waals surface area contributed by atoms with Crippen LogP contribution in [0.15, 0.2) is 85.1 Å². The Morgan fingerprint density at radius 3 is 2.41 bits per heavy atom. The van der Waals surface area contributed by atoms with E-state index in [4.69, 9.17) is 4.74 Å². The maximum Gasteiger partial charge on any atom is 0.281 e. The summed E-state index contributed by atoms with van der Waals surface area (Å²) in [6, 6.07) is 25.5. The Morgan fingerprint density at radius 2 is 1.69 bits per heavy atom. The lowest BCUT2D eigenvalue weighted by Crippen LogP contribution is -2.39. The average molecular weight is 423 g/mol. The molecule has 0 radical (unpaired) electrons. The molecule has 0 aliphatic heterocycles. The highest BCUT2D eigenvalue weighted by Crippen LogP contribution is 2.33. The van der Waals surface area contributed by atoms with Crippen molar-refractivity contribution in [2.75, 3.05) is 12.4 Å². The third kappa shape index (κ3) is 3.09. The molecule has 0 atom stereocenters. The molecule has 2 N–H and O–H groups in total. The number of hydrogen-bond acceptors (Lipinski definition) is 3. The van der Waals surface area contributed by atoms with E-state index in [2.05, 4.69) is 29.1 Å². The zero-order valence-corrected chi connectivity index (χ0v) is 17.7. The first-order valence-corrected chi connectivity index (χ1v) is 10.2. The van der Waals surface area contributed by atoms with Gasteiger partial charge < -0.3 is 19.6 Å². The van der Waals surface area contributed by atoms with Crippen LogP contribution in [-0.2, 0) is 0 Å². The number of anilines is 2. The molecular weight excluding hydrogens is 400 g/mol. The van der Waals surface area contributed by atoms with Crippen molar-refractivity contribution in [3.8, 4) is 28.6 Å². The minimum Gasteiger partial charge on any atom is -0.497 e. The van der Waals surface area contributed by atoms with Crippen LogP contribution < -0.4 is 19.8 Å². The molecule has 0 aliphatic carbocycles. The summed E-state index contributed by atoms with van der Waals surface area (Å²) >= 11 is 0.